The van der Waals surface area contributed by atoms with Crippen LogP contribution in [0, 0.1) is 0 Å². The van der Waals surface area contributed by atoms with E-state index in [0.717, 1.165) is 39.1 Å². The van der Waals surface area contributed by atoms with E-state index in [0.29, 0.717) is 0 Å². The van der Waals surface area contributed by atoms with E-state index in [9.17, 15) is 0 Å². The average molecular weight is 279 g/mol. The van der Waals surface area contributed by atoms with Gasteiger partial charge in [-0.05, 0) is 24.3 Å². The molecule has 0 bridgehead atoms. The lowest BCUT2D eigenvalue weighted by atomic mass is 10.3. The second-order valence-electron chi connectivity index (χ2n) is 3.86. The van der Waals surface area contributed by atoms with E-state index in [1.165, 1.54) is 0 Å². The Labute approximate surface area is 113 Å². The summed E-state index contributed by atoms with van der Waals surface area (Å²) >= 11 is 7.69. The van der Waals surface area contributed by atoms with Crippen LogP contribution in [0.5, 0.6) is 0 Å². The highest BCUT2D eigenvalue weighted by molar-refractivity contribution is 7.22. The zero-order valence-electron chi connectivity index (χ0n) is 9.52. The molecular weight excluding hydrogens is 268 g/mol. The van der Waals surface area contributed by atoms with Gasteiger partial charge in [-0.3, -0.25) is 0 Å². The average Bonchev–Trinajstić information content (AvgIpc) is 2.98. The monoisotopic (exact) mass is 278 g/mol. The van der Waals surface area contributed by atoms with Gasteiger partial charge in [-0.25, -0.2) is 4.98 Å². The summed E-state index contributed by atoms with van der Waals surface area (Å²) in [5.41, 5.74) is 0.938. The van der Waals surface area contributed by atoms with Crippen LogP contribution in [0.4, 0.5) is 5.13 Å². The number of furan rings is 1. The maximum absolute atomic E-state index is 6.11. The molecule has 3 nitrogen and oxygen atoms in total. The van der Waals surface area contributed by atoms with Gasteiger partial charge >= 0.3 is 0 Å². The van der Waals surface area contributed by atoms with Gasteiger partial charge in [0, 0.05) is 13.0 Å². The lowest BCUT2D eigenvalue weighted by Gasteiger charge is -1.99. The molecule has 0 unspecified atom stereocenters. The van der Waals surface area contributed by atoms with Crippen molar-refractivity contribution in [3.8, 4) is 0 Å². The van der Waals surface area contributed by atoms with Gasteiger partial charge in [-0.15, -0.1) is 0 Å². The van der Waals surface area contributed by atoms with E-state index < -0.39 is 0 Å². The molecule has 1 aromatic carbocycles. The highest BCUT2D eigenvalue weighted by Crippen LogP contribution is 2.31. The Morgan fingerprint density at radius 3 is 3.00 bits per heavy atom. The summed E-state index contributed by atoms with van der Waals surface area (Å²) in [6.07, 6.45) is 2.53. The van der Waals surface area contributed by atoms with Crippen molar-refractivity contribution < 1.29 is 4.42 Å². The summed E-state index contributed by atoms with van der Waals surface area (Å²) in [4.78, 5) is 4.48. The van der Waals surface area contributed by atoms with E-state index >= 15 is 0 Å². The molecule has 2 aromatic heterocycles. The zero-order chi connectivity index (χ0) is 12.4. The number of hydrogen-bond donors (Lipinski definition) is 1. The van der Waals surface area contributed by atoms with Crippen LogP contribution in [0.25, 0.3) is 10.2 Å². The fourth-order valence-corrected chi connectivity index (χ4v) is 2.92. The number of nitrogens with zero attached hydrogens (tertiary/aromatic N) is 1. The van der Waals surface area contributed by atoms with Gasteiger partial charge < -0.3 is 9.73 Å². The number of hydrogen-bond acceptors (Lipinski definition) is 4. The van der Waals surface area contributed by atoms with E-state index in [4.69, 9.17) is 16.0 Å². The Morgan fingerprint density at radius 1 is 1.28 bits per heavy atom. The minimum absolute atomic E-state index is 0.754. The minimum atomic E-state index is 0.754. The molecule has 2 heterocycles. The van der Waals surface area contributed by atoms with E-state index in [1.807, 2.05) is 30.3 Å². The van der Waals surface area contributed by atoms with Gasteiger partial charge in [0.25, 0.3) is 0 Å². The quantitative estimate of drug-likeness (QED) is 0.777. The number of fused-ring (bicyclic) bond motifs is 1. The number of benzene rings is 1. The predicted molar refractivity (Wildman–Crippen MR) is 75.5 cm³/mol. The molecule has 0 aliphatic rings. The number of anilines is 1. The van der Waals surface area contributed by atoms with Crippen molar-refractivity contribution in [2.75, 3.05) is 11.9 Å². The van der Waals surface area contributed by atoms with Crippen molar-refractivity contribution in [2.45, 2.75) is 6.42 Å². The SMILES string of the molecule is Clc1cccc2nc(NCCc3ccco3)sc12. The molecular formula is C13H11ClN2OS. The largest absolute Gasteiger partial charge is 0.469 e. The Balaban J connectivity index is 1.69. The molecule has 3 aromatic rings. The molecule has 92 valence electrons. The standard InChI is InChI=1S/C13H11ClN2OS/c14-10-4-1-5-11-12(10)18-13(16-11)15-7-6-9-3-2-8-17-9/h1-5,8H,6-7H2,(H,15,16). The molecule has 0 aliphatic carbocycles. The smallest absolute Gasteiger partial charge is 0.183 e. The first-order valence-corrected chi connectivity index (χ1v) is 6.84. The highest BCUT2D eigenvalue weighted by atomic mass is 35.5. The number of nitrogens with one attached hydrogen (secondary N) is 1. The van der Waals surface area contributed by atoms with Crippen LogP contribution in [0.3, 0.4) is 0 Å². The third kappa shape index (κ3) is 2.35. The molecule has 0 amide bonds. The molecule has 3 rings (SSSR count). The lowest BCUT2D eigenvalue weighted by molar-refractivity contribution is 0.513. The Morgan fingerprint density at radius 2 is 2.22 bits per heavy atom. The van der Waals surface area contributed by atoms with Gasteiger partial charge in [0.15, 0.2) is 5.13 Å². The molecule has 0 saturated heterocycles. The first kappa shape index (κ1) is 11.6. The normalized spacial score (nSPS) is 10.9. The third-order valence-corrected chi connectivity index (χ3v) is 4.08. The first-order chi connectivity index (χ1) is 8.83. The third-order valence-electron chi connectivity index (χ3n) is 2.59. The van der Waals surface area contributed by atoms with Crippen LogP contribution in [0.1, 0.15) is 5.76 Å². The van der Waals surface area contributed by atoms with Crippen molar-refractivity contribution >= 4 is 38.3 Å². The summed E-state index contributed by atoms with van der Waals surface area (Å²) < 4.78 is 6.30. The number of aromatic nitrogens is 1. The molecule has 0 radical (unpaired) electrons. The van der Waals surface area contributed by atoms with E-state index in [1.54, 1.807) is 17.6 Å². The first-order valence-electron chi connectivity index (χ1n) is 5.64. The number of thiazole rings is 1. The molecule has 18 heavy (non-hydrogen) atoms. The van der Waals surface area contributed by atoms with Crippen LogP contribution in [0.2, 0.25) is 5.02 Å². The van der Waals surface area contributed by atoms with Gasteiger partial charge in [-0.2, -0.15) is 0 Å². The van der Waals surface area contributed by atoms with Crippen molar-refractivity contribution in [1.82, 2.24) is 4.98 Å². The topological polar surface area (TPSA) is 38.1 Å². The maximum atomic E-state index is 6.11. The summed E-state index contributed by atoms with van der Waals surface area (Å²) in [6.45, 7) is 0.797. The van der Waals surface area contributed by atoms with Gasteiger partial charge in [0.1, 0.15) is 5.76 Å². The Hall–Kier alpha value is -1.52. The highest BCUT2D eigenvalue weighted by Gasteiger charge is 2.06. The zero-order valence-corrected chi connectivity index (χ0v) is 11.1. The molecule has 0 fully saturated rings. The van der Waals surface area contributed by atoms with Gasteiger partial charge in [-0.1, -0.05) is 29.0 Å². The van der Waals surface area contributed by atoms with Gasteiger partial charge in [0.05, 0.1) is 21.5 Å². The van der Waals surface area contributed by atoms with Crippen LogP contribution in [-0.4, -0.2) is 11.5 Å². The van der Waals surface area contributed by atoms with E-state index in [-0.39, 0.29) is 0 Å². The van der Waals surface area contributed by atoms with Crippen molar-refractivity contribution in [2.24, 2.45) is 0 Å². The summed E-state index contributed by atoms with van der Waals surface area (Å²) in [5, 5.41) is 4.94. The lowest BCUT2D eigenvalue weighted by Crippen LogP contribution is -2.03. The minimum Gasteiger partial charge on any atom is -0.469 e. The van der Waals surface area contributed by atoms with Crippen molar-refractivity contribution in [3.63, 3.8) is 0 Å². The van der Waals surface area contributed by atoms with Crippen molar-refractivity contribution in [3.05, 3.63) is 47.4 Å². The van der Waals surface area contributed by atoms with Crippen molar-refractivity contribution in [1.29, 1.82) is 0 Å². The molecule has 0 saturated carbocycles. The fraction of sp³-hybridized carbons (Fsp3) is 0.154. The Bertz CT molecular complexity index is 648. The van der Waals surface area contributed by atoms with Crippen LogP contribution >= 0.6 is 22.9 Å². The molecule has 0 atom stereocenters. The molecule has 0 spiro atoms. The second-order valence-corrected chi connectivity index (χ2v) is 5.27. The summed E-state index contributed by atoms with van der Waals surface area (Å²) in [5.74, 6) is 0.974. The summed E-state index contributed by atoms with van der Waals surface area (Å²) in [7, 11) is 0. The van der Waals surface area contributed by atoms with Crippen LogP contribution in [0.15, 0.2) is 41.0 Å². The Kier molecular flexibility index (Phi) is 3.21. The number of rotatable bonds is 4. The molecule has 1 N–H and O–H groups in total. The van der Waals surface area contributed by atoms with Crippen LogP contribution < -0.4 is 5.32 Å². The second kappa shape index (κ2) is 5.00. The fourth-order valence-electron chi connectivity index (χ4n) is 1.74. The maximum Gasteiger partial charge on any atom is 0.183 e. The van der Waals surface area contributed by atoms with Gasteiger partial charge in [0.2, 0.25) is 0 Å². The summed E-state index contributed by atoms with van der Waals surface area (Å²) in [6, 6.07) is 9.63. The predicted octanol–water partition coefficient (Wildman–Crippen LogP) is 4.20. The van der Waals surface area contributed by atoms with E-state index in [2.05, 4.69) is 10.3 Å². The number of halogens is 1. The molecule has 0 aliphatic heterocycles. The molecule has 5 heteroatoms. The van der Waals surface area contributed by atoms with Crippen LogP contribution in [-0.2, 0) is 6.42 Å².